The molecule has 0 unspecified atom stereocenters. The molecule has 0 heterocycles. The Morgan fingerprint density at radius 1 is 0.892 bits per heavy atom. The number of benzene rings is 4. The van der Waals surface area contributed by atoms with Crippen molar-refractivity contribution >= 4 is 38.6 Å². The van der Waals surface area contributed by atoms with E-state index in [9.17, 15) is 13.2 Å². The average Bonchev–Trinajstić information content (AvgIpc) is 3.28. The van der Waals surface area contributed by atoms with E-state index in [4.69, 9.17) is 0 Å². The zero-order valence-corrected chi connectivity index (χ0v) is 22.0. The van der Waals surface area contributed by atoms with Gasteiger partial charge < -0.3 is 0 Å². The molecule has 1 aliphatic carbocycles. The van der Waals surface area contributed by atoms with Crippen LogP contribution in [0.3, 0.4) is 0 Å². The fourth-order valence-corrected chi connectivity index (χ4v) is 6.37. The van der Waals surface area contributed by atoms with Gasteiger partial charge in [-0.3, -0.25) is 9.10 Å². The molecular formula is C30H29N3O3S. The Bertz CT molecular complexity index is 1610. The number of carbonyl (C=O) groups is 1. The normalized spacial score (nSPS) is 12.8. The van der Waals surface area contributed by atoms with Gasteiger partial charge in [-0.05, 0) is 90.9 Å². The highest BCUT2D eigenvalue weighted by Gasteiger charge is 2.27. The van der Waals surface area contributed by atoms with Gasteiger partial charge in [0.15, 0.2) is 0 Å². The van der Waals surface area contributed by atoms with Gasteiger partial charge in [0, 0.05) is 5.56 Å². The van der Waals surface area contributed by atoms with Crippen LogP contribution in [0.25, 0.3) is 10.8 Å². The maximum Gasteiger partial charge on any atom is 0.264 e. The number of aryl methyl sites for hydroxylation is 5. The molecule has 188 valence electrons. The van der Waals surface area contributed by atoms with E-state index in [1.54, 1.807) is 42.6 Å². The lowest BCUT2D eigenvalue weighted by molar-refractivity contribution is -0.119. The molecule has 1 aliphatic rings. The van der Waals surface area contributed by atoms with Crippen LogP contribution in [0.2, 0.25) is 0 Å². The highest BCUT2D eigenvalue weighted by Crippen LogP contribution is 2.32. The van der Waals surface area contributed by atoms with E-state index in [1.165, 1.54) is 16.5 Å². The Morgan fingerprint density at radius 3 is 2.27 bits per heavy atom. The summed E-state index contributed by atoms with van der Waals surface area (Å²) >= 11 is 0. The minimum atomic E-state index is -3.99. The third-order valence-corrected chi connectivity index (χ3v) is 8.48. The lowest BCUT2D eigenvalue weighted by atomic mass is 10.0. The van der Waals surface area contributed by atoms with E-state index in [-0.39, 0.29) is 4.90 Å². The SMILES string of the molecule is Cc1ccc(S(=O)(=O)N(CC(=O)N/N=C\c2ccc3c4c(cccc24)CC3)c2cc(C)cc(C)c2)cc1. The summed E-state index contributed by atoms with van der Waals surface area (Å²) in [6, 6.07) is 22.5. The highest BCUT2D eigenvalue weighted by atomic mass is 32.2. The molecule has 0 saturated carbocycles. The van der Waals surface area contributed by atoms with Crippen molar-refractivity contribution < 1.29 is 13.2 Å². The molecule has 6 nitrogen and oxygen atoms in total. The number of nitrogens with one attached hydrogen (secondary N) is 1. The third-order valence-electron chi connectivity index (χ3n) is 6.69. The van der Waals surface area contributed by atoms with Crippen molar-refractivity contribution in [3.63, 3.8) is 0 Å². The molecule has 0 fully saturated rings. The summed E-state index contributed by atoms with van der Waals surface area (Å²) in [7, 11) is -3.99. The van der Waals surface area contributed by atoms with Gasteiger partial charge in [0.2, 0.25) is 0 Å². The first-order valence-electron chi connectivity index (χ1n) is 12.3. The summed E-state index contributed by atoms with van der Waals surface area (Å²) in [6.45, 7) is 5.29. The van der Waals surface area contributed by atoms with Gasteiger partial charge in [-0.15, -0.1) is 0 Å². The number of hydrogen-bond acceptors (Lipinski definition) is 4. The number of carbonyl (C=O) groups excluding carboxylic acids is 1. The number of anilines is 1. The maximum absolute atomic E-state index is 13.6. The molecule has 0 bridgehead atoms. The first kappa shape index (κ1) is 24.7. The van der Waals surface area contributed by atoms with E-state index >= 15 is 0 Å². The zero-order valence-electron chi connectivity index (χ0n) is 21.2. The summed E-state index contributed by atoms with van der Waals surface area (Å²) in [5.74, 6) is -0.531. The van der Waals surface area contributed by atoms with Crippen LogP contribution >= 0.6 is 0 Å². The number of rotatable bonds is 7. The number of amides is 1. The van der Waals surface area contributed by atoms with Crippen LogP contribution in [0, 0.1) is 20.8 Å². The molecule has 37 heavy (non-hydrogen) atoms. The predicted octanol–water partition coefficient (Wildman–Crippen LogP) is 5.21. The van der Waals surface area contributed by atoms with Crippen LogP contribution in [0.4, 0.5) is 5.69 Å². The average molecular weight is 512 g/mol. The quantitative estimate of drug-likeness (QED) is 0.273. The van der Waals surface area contributed by atoms with Crippen molar-refractivity contribution in [3.8, 4) is 0 Å². The van der Waals surface area contributed by atoms with Gasteiger partial charge in [-0.1, -0.05) is 54.1 Å². The third kappa shape index (κ3) is 5.00. The molecular weight excluding hydrogens is 482 g/mol. The Morgan fingerprint density at radius 2 is 1.57 bits per heavy atom. The molecule has 0 spiro atoms. The number of sulfonamides is 1. The minimum Gasteiger partial charge on any atom is -0.271 e. The lowest BCUT2D eigenvalue weighted by Crippen LogP contribution is -2.39. The maximum atomic E-state index is 13.6. The summed E-state index contributed by atoms with van der Waals surface area (Å²) < 4.78 is 28.4. The molecule has 0 aromatic heterocycles. The monoisotopic (exact) mass is 511 g/mol. The van der Waals surface area contributed by atoms with Crippen LogP contribution in [-0.2, 0) is 27.7 Å². The Labute approximate surface area is 217 Å². The molecule has 0 saturated heterocycles. The lowest BCUT2D eigenvalue weighted by Gasteiger charge is -2.24. The van der Waals surface area contributed by atoms with Crippen LogP contribution in [0.1, 0.15) is 33.4 Å². The van der Waals surface area contributed by atoms with Crippen LogP contribution in [0.5, 0.6) is 0 Å². The van der Waals surface area contributed by atoms with Gasteiger partial charge >= 0.3 is 0 Å². The summed E-state index contributed by atoms with van der Waals surface area (Å²) in [5.41, 5.74) is 9.29. The molecule has 7 heteroatoms. The van der Waals surface area contributed by atoms with Crippen molar-refractivity contribution in [2.75, 3.05) is 10.8 Å². The predicted molar refractivity (Wildman–Crippen MR) is 149 cm³/mol. The second kappa shape index (κ2) is 9.82. The van der Waals surface area contributed by atoms with Gasteiger partial charge in [-0.2, -0.15) is 5.10 Å². The summed E-state index contributed by atoms with van der Waals surface area (Å²) in [6.07, 6.45) is 3.69. The van der Waals surface area contributed by atoms with E-state index in [0.29, 0.717) is 5.69 Å². The first-order chi connectivity index (χ1) is 17.7. The molecule has 0 radical (unpaired) electrons. The Kier molecular flexibility index (Phi) is 6.56. The van der Waals surface area contributed by atoms with E-state index in [0.717, 1.165) is 44.8 Å². The van der Waals surface area contributed by atoms with E-state index in [2.05, 4.69) is 28.7 Å². The molecule has 1 N–H and O–H groups in total. The molecule has 1 amide bonds. The van der Waals surface area contributed by atoms with E-state index < -0.39 is 22.5 Å². The number of hydrazone groups is 1. The van der Waals surface area contributed by atoms with Gasteiger partial charge in [0.25, 0.3) is 15.9 Å². The molecule has 4 aromatic carbocycles. The van der Waals surface area contributed by atoms with Crippen LogP contribution in [-0.4, -0.2) is 27.1 Å². The van der Waals surface area contributed by atoms with Crippen LogP contribution < -0.4 is 9.73 Å². The first-order valence-corrected chi connectivity index (χ1v) is 13.7. The number of hydrogen-bond donors (Lipinski definition) is 1. The van der Waals surface area contributed by atoms with Gasteiger partial charge in [0.05, 0.1) is 16.8 Å². The van der Waals surface area contributed by atoms with Gasteiger partial charge in [0.1, 0.15) is 6.54 Å². The largest absolute Gasteiger partial charge is 0.271 e. The second-order valence-corrected chi connectivity index (χ2v) is 11.5. The van der Waals surface area contributed by atoms with Gasteiger partial charge in [-0.25, -0.2) is 13.8 Å². The van der Waals surface area contributed by atoms with Crippen molar-refractivity contribution in [3.05, 3.63) is 106 Å². The highest BCUT2D eigenvalue weighted by molar-refractivity contribution is 7.92. The second-order valence-electron chi connectivity index (χ2n) is 9.62. The topological polar surface area (TPSA) is 78.8 Å². The standard InChI is InChI=1S/C30H29N3O3S/c1-20-7-13-27(14-8-20)37(35,36)33(26-16-21(2)15-22(3)17-26)19-29(34)32-31-18-25-12-11-24-10-9-23-5-4-6-28(25)30(23)24/h4-8,11-18H,9-10,19H2,1-3H3,(H,32,34)/b31-18-. The molecule has 0 atom stereocenters. The summed E-state index contributed by atoms with van der Waals surface area (Å²) in [5, 5.41) is 6.54. The van der Waals surface area contributed by atoms with Crippen molar-refractivity contribution in [2.45, 2.75) is 38.5 Å². The smallest absolute Gasteiger partial charge is 0.264 e. The van der Waals surface area contributed by atoms with E-state index in [1.807, 2.05) is 39.0 Å². The van der Waals surface area contributed by atoms with Crippen molar-refractivity contribution in [2.24, 2.45) is 5.10 Å². The molecule has 4 aromatic rings. The zero-order chi connectivity index (χ0) is 26.2. The fraction of sp³-hybridized carbons (Fsp3) is 0.200. The van der Waals surface area contributed by atoms with Crippen molar-refractivity contribution in [1.82, 2.24) is 5.43 Å². The Hall–Kier alpha value is -3.97. The molecule has 5 rings (SSSR count). The van der Waals surface area contributed by atoms with Crippen molar-refractivity contribution in [1.29, 1.82) is 0 Å². The minimum absolute atomic E-state index is 0.126. The molecule has 0 aliphatic heterocycles. The fourth-order valence-electron chi connectivity index (χ4n) is 4.97. The Balaban J connectivity index is 1.41. The number of nitrogens with zero attached hydrogens (tertiary/aromatic N) is 2. The summed E-state index contributed by atoms with van der Waals surface area (Å²) in [4.78, 5) is 13.1. The van der Waals surface area contributed by atoms with Crippen LogP contribution in [0.15, 0.2) is 82.8 Å².